The van der Waals surface area contributed by atoms with Crippen LogP contribution >= 0.6 is 11.6 Å². The van der Waals surface area contributed by atoms with E-state index in [4.69, 9.17) is 27.5 Å². The number of hydrogen-bond donors (Lipinski definition) is 4. The normalized spacial score (nSPS) is 10.0. The number of amidine groups is 1. The Hall–Kier alpha value is -3.91. The predicted octanol–water partition coefficient (Wildman–Crippen LogP) is 4.38. The first-order chi connectivity index (χ1) is 17.1. The van der Waals surface area contributed by atoms with Crippen molar-refractivity contribution in [3.8, 4) is 5.75 Å². The molecule has 0 bridgehead atoms. The molecule has 3 rings (SSSR count). The highest BCUT2D eigenvalue weighted by Crippen LogP contribution is 2.21. The second-order valence-corrected chi connectivity index (χ2v) is 8.31. The highest BCUT2D eigenvalue weighted by atomic mass is 35.5. The second kappa shape index (κ2) is 13.8. The van der Waals surface area contributed by atoms with E-state index >= 15 is 0 Å². The summed E-state index contributed by atoms with van der Waals surface area (Å²) >= 11 is 6.00. The largest absolute Gasteiger partial charge is 0.483 e. The van der Waals surface area contributed by atoms with Gasteiger partial charge in [-0.3, -0.25) is 15.0 Å². The number of aryl methyl sites for hydroxylation is 2. The van der Waals surface area contributed by atoms with E-state index in [1.807, 2.05) is 13.8 Å². The van der Waals surface area contributed by atoms with Crippen molar-refractivity contribution in [2.45, 2.75) is 26.8 Å². The molecule has 0 spiro atoms. The van der Waals surface area contributed by atoms with E-state index in [9.17, 15) is 14.0 Å². The third-order valence-corrected chi connectivity index (χ3v) is 5.30. The molecular formula is C27H30ClFN4O3. The van der Waals surface area contributed by atoms with E-state index in [-0.39, 0.29) is 36.6 Å². The maximum absolute atomic E-state index is 12.4. The molecule has 5 N–H and O–H groups in total. The van der Waals surface area contributed by atoms with Gasteiger partial charge >= 0.3 is 0 Å². The van der Waals surface area contributed by atoms with Gasteiger partial charge in [0.2, 0.25) is 0 Å². The summed E-state index contributed by atoms with van der Waals surface area (Å²) in [6, 6.07) is 16.6. The quantitative estimate of drug-likeness (QED) is 0.265. The molecule has 0 radical (unpaired) electrons. The lowest BCUT2D eigenvalue weighted by molar-refractivity contribution is -0.122. The third-order valence-electron chi connectivity index (χ3n) is 5.08. The lowest BCUT2D eigenvalue weighted by Gasteiger charge is -2.14. The molecule has 0 aromatic heterocycles. The zero-order chi connectivity index (χ0) is 26.7. The topological polar surface area (TPSA) is 117 Å². The van der Waals surface area contributed by atoms with E-state index in [1.54, 1.807) is 48.5 Å². The highest BCUT2D eigenvalue weighted by molar-refractivity contribution is 6.31. The monoisotopic (exact) mass is 512 g/mol. The number of amides is 2. The van der Waals surface area contributed by atoms with E-state index in [1.165, 1.54) is 24.7 Å². The number of carbonyl (C=O) groups excluding carboxylic acids is 2. The minimum atomic E-state index is -0.299. The molecule has 36 heavy (non-hydrogen) atoms. The second-order valence-electron chi connectivity index (χ2n) is 7.88. The van der Waals surface area contributed by atoms with Crippen LogP contribution in [0.3, 0.4) is 0 Å². The van der Waals surface area contributed by atoms with E-state index in [0.717, 1.165) is 12.0 Å². The van der Waals surface area contributed by atoms with Gasteiger partial charge in [0.05, 0.1) is 0 Å². The smallest absolute Gasteiger partial charge is 0.257 e. The van der Waals surface area contributed by atoms with Crippen LogP contribution in [0.1, 0.15) is 39.5 Å². The molecule has 0 unspecified atom stereocenters. The lowest BCUT2D eigenvalue weighted by atomic mass is 10.1. The van der Waals surface area contributed by atoms with Crippen molar-refractivity contribution in [2.75, 3.05) is 13.7 Å². The Bertz CT molecular complexity index is 1200. The van der Waals surface area contributed by atoms with Crippen LogP contribution in [0.5, 0.6) is 5.75 Å². The molecular weight excluding hydrogens is 483 g/mol. The molecule has 0 saturated carbocycles. The number of rotatable bonds is 8. The summed E-state index contributed by atoms with van der Waals surface area (Å²) in [6.07, 6.45) is 0.972. The average molecular weight is 513 g/mol. The number of ether oxygens (including phenoxy) is 1. The van der Waals surface area contributed by atoms with Crippen LogP contribution in [-0.2, 0) is 17.8 Å². The summed E-state index contributed by atoms with van der Waals surface area (Å²) in [5.74, 6) is -0.494. The summed E-state index contributed by atoms with van der Waals surface area (Å²) < 4.78 is 17.7. The predicted molar refractivity (Wildman–Crippen MR) is 140 cm³/mol. The van der Waals surface area contributed by atoms with Crippen LogP contribution in [-0.4, -0.2) is 31.3 Å². The van der Waals surface area contributed by atoms with Gasteiger partial charge in [-0.1, -0.05) is 42.8 Å². The first kappa shape index (κ1) is 28.3. The molecule has 0 aliphatic carbocycles. The van der Waals surface area contributed by atoms with Crippen molar-refractivity contribution >= 4 is 29.3 Å². The number of nitrogens with one attached hydrogen (secondary N) is 3. The molecule has 3 aromatic rings. The van der Waals surface area contributed by atoms with E-state index in [2.05, 4.69) is 10.6 Å². The molecule has 0 saturated heterocycles. The Morgan fingerprint density at radius 2 is 1.75 bits per heavy atom. The SMILES string of the molecule is CCc1ccc(F)cc1.CNC(=O)COc1cc(C(=N)N)ccc1CNC(=O)c1cc(C)cc(Cl)c1. The number of nitrogen functional groups attached to an aromatic ring is 1. The zero-order valence-electron chi connectivity index (χ0n) is 20.5. The number of carbonyl (C=O) groups is 2. The maximum atomic E-state index is 12.4. The molecule has 9 heteroatoms. The van der Waals surface area contributed by atoms with Crippen molar-refractivity contribution in [3.05, 3.63) is 99.3 Å². The van der Waals surface area contributed by atoms with Crippen LogP contribution in [0.15, 0.2) is 60.7 Å². The van der Waals surface area contributed by atoms with Crippen LogP contribution in [0.2, 0.25) is 5.02 Å². The molecule has 7 nitrogen and oxygen atoms in total. The fourth-order valence-electron chi connectivity index (χ4n) is 3.08. The molecule has 2 amide bonds. The number of halogens is 2. The van der Waals surface area contributed by atoms with E-state index in [0.29, 0.717) is 27.5 Å². The van der Waals surface area contributed by atoms with Gasteiger partial charge in [-0.25, -0.2) is 4.39 Å². The number of benzene rings is 3. The molecule has 0 fully saturated rings. The maximum Gasteiger partial charge on any atom is 0.257 e. The van der Waals surface area contributed by atoms with Gasteiger partial charge in [-0.05, 0) is 60.9 Å². The summed E-state index contributed by atoms with van der Waals surface area (Å²) in [5.41, 5.74) is 9.13. The van der Waals surface area contributed by atoms with Crippen molar-refractivity contribution in [3.63, 3.8) is 0 Å². The van der Waals surface area contributed by atoms with Crippen LogP contribution in [0.25, 0.3) is 0 Å². The minimum Gasteiger partial charge on any atom is -0.483 e. The van der Waals surface area contributed by atoms with Gasteiger partial charge in [0.25, 0.3) is 11.8 Å². The minimum absolute atomic E-state index is 0.121. The molecule has 190 valence electrons. The molecule has 0 heterocycles. The number of nitrogens with two attached hydrogens (primary N) is 1. The van der Waals surface area contributed by atoms with Crippen LogP contribution < -0.4 is 21.1 Å². The van der Waals surface area contributed by atoms with Crippen molar-refractivity contribution in [1.29, 1.82) is 5.41 Å². The van der Waals surface area contributed by atoms with Gasteiger partial charge in [-0.15, -0.1) is 0 Å². The van der Waals surface area contributed by atoms with Gasteiger partial charge in [0.15, 0.2) is 6.61 Å². The standard InChI is InChI=1S/C19H21ClN4O3.C8H9F/c1-11-5-14(7-15(20)6-11)19(26)24-9-13-4-3-12(18(21)22)8-16(13)27-10-17(25)23-2;1-2-7-3-5-8(9)6-4-7/h3-8H,9-10H2,1-2H3,(H3,21,22)(H,23,25)(H,24,26);3-6H,2H2,1H3. The first-order valence-corrected chi connectivity index (χ1v) is 11.6. The van der Waals surface area contributed by atoms with Crippen molar-refractivity contribution < 1.29 is 18.7 Å². The molecule has 0 aliphatic rings. The summed E-state index contributed by atoms with van der Waals surface area (Å²) in [4.78, 5) is 23.8. The Labute approximate surface area is 215 Å². The van der Waals surface area contributed by atoms with Gasteiger partial charge in [0.1, 0.15) is 17.4 Å². The van der Waals surface area contributed by atoms with Crippen LogP contribution in [0, 0.1) is 18.2 Å². The van der Waals surface area contributed by atoms with E-state index < -0.39 is 0 Å². The lowest BCUT2D eigenvalue weighted by Crippen LogP contribution is -2.26. The summed E-state index contributed by atoms with van der Waals surface area (Å²) in [6.45, 7) is 3.89. The zero-order valence-corrected chi connectivity index (χ0v) is 21.2. The fraction of sp³-hybridized carbons (Fsp3) is 0.222. The van der Waals surface area contributed by atoms with Crippen molar-refractivity contribution in [1.82, 2.24) is 10.6 Å². The molecule has 0 atom stereocenters. The molecule has 3 aromatic carbocycles. The number of hydrogen-bond acceptors (Lipinski definition) is 4. The third kappa shape index (κ3) is 9.03. The van der Waals surface area contributed by atoms with Gasteiger partial charge in [-0.2, -0.15) is 0 Å². The summed E-state index contributed by atoms with van der Waals surface area (Å²) in [7, 11) is 1.51. The molecule has 0 aliphatic heterocycles. The van der Waals surface area contributed by atoms with Gasteiger partial charge < -0.3 is 21.1 Å². The summed E-state index contributed by atoms with van der Waals surface area (Å²) in [5, 5.41) is 13.3. The first-order valence-electron chi connectivity index (χ1n) is 11.2. The Morgan fingerprint density at radius 3 is 2.33 bits per heavy atom. The van der Waals surface area contributed by atoms with Gasteiger partial charge in [0, 0.05) is 35.3 Å². The Morgan fingerprint density at radius 1 is 1.06 bits per heavy atom. The highest BCUT2D eigenvalue weighted by Gasteiger charge is 2.12. The Kier molecular flexibility index (Phi) is 10.9. The average Bonchev–Trinajstić information content (AvgIpc) is 2.86. The number of likely N-dealkylation sites (N-methyl/N-ethyl adjacent to an activating group) is 1. The Balaban J connectivity index is 0.000000425. The fourth-order valence-corrected chi connectivity index (χ4v) is 3.37. The van der Waals surface area contributed by atoms with Crippen molar-refractivity contribution in [2.24, 2.45) is 5.73 Å². The van der Waals surface area contributed by atoms with Crippen LogP contribution in [0.4, 0.5) is 4.39 Å².